The minimum absolute atomic E-state index is 0.0513. The summed E-state index contributed by atoms with van der Waals surface area (Å²) in [6, 6.07) is 10.2. The molecule has 0 aliphatic carbocycles. The van der Waals surface area contributed by atoms with Gasteiger partial charge in [-0.2, -0.15) is 10.1 Å². The van der Waals surface area contributed by atoms with Gasteiger partial charge in [0.1, 0.15) is 16.9 Å². The summed E-state index contributed by atoms with van der Waals surface area (Å²) in [7, 11) is 0. The van der Waals surface area contributed by atoms with E-state index in [4.69, 9.17) is 21.4 Å². The number of aromatic nitrogens is 1. The second-order valence-electron chi connectivity index (χ2n) is 7.85. The molecule has 2 aromatic carbocycles. The van der Waals surface area contributed by atoms with Crippen molar-refractivity contribution in [2.24, 2.45) is 11.0 Å². The maximum absolute atomic E-state index is 14.6. The Morgan fingerprint density at radius 1 is 1.34 bits per heavy atom. The predicted octanol–water partition coefficient (Wildman–Crippen LogP) is 4.02. The van der Waals surface area contributed by atoms with E-state index >= 15 is 0 Å². The van der Waals surface area contributed by atoms with Gasteiger partial charge in [0.25, 0.3) is 11.9 Å². The molecule has 0 saturated carbocycles. The van der Waals surface area contributed by atoms with Gasteiger partial charge in [0.2, 0.25) is 0 Å². The Bertz CT molecular complexity index is 1230. The fourth-order valence-electron chi connectivity index (χ4n) is 4.35. The van der Waals surface area contributed by atoms with Crippen LogP contribution in [0.5, 0.6) is 0 Å². The van der Waals surface area contributed by atoms with Crippen molar-refractivity contribution in [2.75, 3.05) is 30.0 Å². The van der Waals surface area contributed by atoms with Crippen LogP contribution in [0.3, 0.4) is 0 Å². The summed E-state index contributed by atoms with van der Waals surface area (Å²) < 4.78 is 20.5. The molecule has 32 heavy (non-hydrogen) atoms. The first-order valence-corrected chi connectivity index (χ1v) is 10.6. The van der Waals surface area contributed by atoms with Crippen LogP contribution in [0.2, 0.25) is 5.02 Å². The monoisotopic (exact) mass is 454 g/mol. The molecule has 3 aromatic rings. The van der Waals surface area contributed by atoms with E-state index < -0.39 is 11.7 Å². The van der Waals surface area contributed by atoms with Crippen molar-refractivity contribution in [3.8, 4) is 0 Å². The lowest BCUT2D eigenvalue weighted by atomic mass is 9.82. The molecule has 2 saturated heterocycles. The standard InChI is InChI=1S/C22H20ClFN6O2/c23-14-4-5-19-17(10-14)27-22(32-19)30-11-13-6-9-29(12-18(13)30)21(31)20-15(24)2-1-3-16(20)28-26-8-7-25/h1-5,7-8,10,13,18,25,28H,6,9,11-12H2/b25-7?,26-8-. The Balaban J connectivity index is 1.36. The van der Waals surface area contributed by atoms with Gasteiger partial charge >= 0.3 is 0 Å². The number of nitrogens with zero attached hydrogens (tertiary/aromatic N) is 4. The highest BCUT2D eigenvalue weighted by atomic mass is 35.5. The van der Waals surface area contributed by atoms with Crippen LogP contribution in [-0.4, -0.2) is 53.9 Å². The van der Waals surface area contributed by atoms with Crippen molar-refractivity contribution in [1.82, 2.24) is 9.88 Å². The highest BCUT2D eigenvalue weighted by Gasteiger charge is 2.46. The zero-order chi connectivity index (χ0) is 22.2. The molecular formula is C22H20ClFN6O2. The van der Waals surface area contributed by atoms with Crippen LogP contribution in [-0.2, 0) is 0 Å². The van der Waals surface area contributed by atoms with Crippen LogP contribution in [0.1, 0.15) is 16.8 Å². The third kappa shape index (κ3) is 3.58. The quantitative estimate of drug-likeness (QED) is 0.448. The van der Waals surface area contributed by atoms with Crippen molar-refractivity contribution in [1.29, 1.82) is 5.41 Å². The Kier molecular flexibility index (Phi) is 5.26. The van der Waals surface area contributed by atoms with Gasteiger partial charge < -0.3 is 19.6 Å². The number of benzene rings is 2. The largest absolute Gasteiger partial charge is 0.423 e. The molecule has 2 fully saturated rings. The van der Waals surface area contributed by atoms with Crippen molar-refractivity contribution < 1.29 is 13.6 Å². The first-order chi connectivity index (χ1) is 15.5. The van der Waals surface area contributed by atoms with Crippen LogP contribution >= 0.6 is 11.6 Å². The number of hydrazone groups is 1. The Hall–Kier alpha value is -3.46. The van der Waals surface area contributed by atoms with E-state index in [0.29, 0.717) is 41.1 Å². The number of carbonyl (C=O) groups excluding carboxylic acids is 1. The van der Waals surface area contributed by atoms with Gasteiger partial charge in [0.05, 0.1) is 17.9 Å². The van der Waals surface area contributed by atoms with Crippen LogP contribution in [0.15, 0.2) is 45.9 Å². The molecule has 0 radical (unpaired) electrons. The van der Waals surface area contributed by atoms with Gasteiger partial charge in [-0.15, -0.1) is 0 Å². The molecule has 1 amide bonds. The first-order valence-electron chi connectivity index (χ1n) is 10.2. The normalized spacial score (nSPS) is 20.3. The maximum Gasteiger partial charge on any atom is 0.298 e. The molecule has 2 atom stereocenters. The topological polar surface area (TPSA) is 97.8 Å². The number of carbonyl (C=O) groups is 1. The summed E-state index contributed by atoms with van der Waals surface area (Å²) in [5.41, 5.74) is 4.19. The van der Waals surface area contributed by atoms with Gasteiger partial charge in [-0.05, 0) is 36.8 Å². The van der Waals surface area contributed by atoms with Gasteiger partial charge in [0, 0.05) is 36.8 Å². The second kappa shape index (κ2) is 8.23. The number of hydrogen-bond acceptors (Lipinski definition) is 7. The number of halogens is 2. The summed E-state index contributed by atoms with van der Waals surface area (Å²) in [5, 5.41) is 11.4. The van der Waals surface area contributed by atoms with Crippen molar-refractivity contribution in [2.45, 2.75) is 12.5 Å². The Labute approximate surface area is 188 Å². The van der Waals surface area contributed by atoms with Crippen LogP contribution in [0.4, 0.5) is 16.1 Å². The van der Waals surface area contributed by atoms with Gasteiger partial charge in [0.15, 0.2) is 5.58 Å². The molecule has 8 nitrogen and oxygen atoms in total. The number of rotatable bonds is 5. The summed E-state index contributed by atoms with van der Waals surface area (Å²) in [4.78, 5) is 21.5. The molecule has 10 heteroatoms. The minimum atomic E-state index is -0.617. The lowest BCUT2D eigenvalue weighted by Crippen LogP contribution is -2.65. The number of oxazole rings is 1. The van der Waals surface area contributed by atoms with E-state index in [0.717, 1.165) is 19.2 Å². The van der Waals surface area contributed by atoms with Crippen molar-refractivity contribution in [3.05, 3.63) is 52.8 Å². The Morgan fingerprint density at radius 3 is 3.06 bits per heavy atom. The summed E-state index contributed by atoms with van der Waals surface area (Å²) in [6.07, 6.45) is 3.02. The number of nitrogens with one attached hydrogen (secondary N) is 2. The molecular weight excluding hydrogens is 435 g/mol. The van der Waals surface area contributed by atoms with Gasteiger partial charge in [-0.3, -0.25) is 10.2 Å². The molecule has 2 aliphatic heterocycles. The minimum Gasteiger partial charge on any atom is -0.423 e. The van der Waals surface area contributed by atoms with E-state index in [1.807, 2.05) is 4.90 Å². The fraction of sp³-hybridized carbons (Fsp3) is 0.273. The third-order valence-corrected chi connectivity index (χ3v) is 6.22. The number of amides is 1. The Morgan fingerprint density at radius 2 is 2.22 bits per heavy atom. The number of likely N-dealkylation sites (tertiary alicyclic amines) is 1. The van der Waals surface area contributed by atoms with E-state index in [1.165, 1.54) is 18.3 Å². The third-order valence-electron chi connectivity index (χ3n) is 5.99. The highest BCUT2D eigenvalue weighted by Crippen LogP contribution is 2.38. The average molecular weight is 455 g/mol. The van der Waals surface area contributed by atoms with E-state index in [2.05, 4.69) is 15.5 Å². The van der Waals surface area contributed by atoms with Crippen LogP contribution < -0.4 is 10.3 Å². The highest BCUT2D eigenvalue weighted by molar-refractivity contribution is 6.31. The van der Waals surface area contributed by atoms with Gasteiger partial charge in [-0.1, -0.05) is 17.7 Å². The summed E-state index contributed by atoms with van der Waals surface area (Å²) in [6.45, 7) is 1.80. The second-order valence-corrected chi connectivity index (χ2v) is 8.28. The first kappa shape index (κ1) is 20.4. The number of piperidine rings is 1. The number of anilines is 2. The molecule has 2 aliphatic rings. The van der Waals surface area contributed by atoms with Crippen LogP contribution in [0, 0.1) is 17.1 Å². The number of hydrogen-bond donors (Lipinski definition) is 2. The lowest BCUT2D eigenvalue weighted by molar-refractivity contribution is 0.0580. The molecule has 5 rings (SSSR count). The summed E-state index contributed by atoms with van der Waals surface area (Å²) in [5.74, 6) is -0.591. The van der Waals surface area contributed by atoms with Gasteiger partial charge in [-0.25, -0.2) is 4.39 Å². The molecule has 2 N–H and O–H groups in total. The predicted molar refractivity (Wildman–Crippen MR) is 121 cm³/mol. The summed E-state index contributed by atoms with van der Waals surface area (Å²) >= 11 is 6.05. The van der Waals surface area contributed by atoms with Crippen LogP contribution in [0.25, 0.3) is 11.1 Å². The van der Waals surface area contributed by atoms with Crippen molar-refractivity contribution in [3.63, 3.8) is 0 Å². The molecule has 164 valence electrons. The molecule has 3 heterocycles. The van der Waals surface area contributed by atoms with Crippen molar-refractivity contribution >= 4 is 52.7 Å². The average Bonchev–Trinajstić information content (AvgIpc) is 3.17. The van der Waals surface area contributed by atoms with E-state index in [-0.39, 0.29) is 17.3 Å². The molecule has 2 unspecified atom stereocenters. The fourth-order valence-corrected chi connectivity index (χ4v) is 4.52. The SMILES string of the molecule is N=C/C=N\Nc1cccc(F)c1C(=O)N1CCC2CN(c3nc4cc(Cl)ccc4o3)C2C1. The maximum atomic E-state index is 14.6. The van der Waals surface area contributed by atoms with E-state index in [1.54, 1.807) is 29.2 Å². The molecule has 1 aromatic heterocycles. The van der Waals surface area contributed by atoms with E-state index in [9.17, 15) is 9.18 Å². The molecule has 0 bridgehead atoms. The lowest BCUT2D eigenvalue weighted by Gasteiger charge is -2.52. The smallest absolute Gasteiger partial charge is 0.298 e. The number of fused-ring (bicyclic) bond motifs is 2. The molecule has 0 spiro atoms. The zero-order valence-electron chi connectivity index (χ0n) is 17.0. The zero-order valence-corrected chi connectivity index (χ0v) is 17.7.